The molecule has 24 heavy (non-hydrogen) atoms. The van der Waals surface area contributed by atoms with E-state index in [1.165, 1.54) is 6.07 Å². The van der Waals surface area contributed by atoms with Gasteiger partial charge in [-0.3, -0.25) is 0 Å². The Morgan fingerprint density at radius 3 is 2.50 bits per heavy atom. The number of hydrogen-bond donors (Lipinski definition) is 1. The first-order valence-corrected chi connectivity index (χ1v) is 8.36. The molecular formula is C18H18ClFN4. The lowest BCUT2D eigenvalue weighted by Crippen LogP contribution is -2.44. The topological polar surface area (TPSA) is 35.2 Å². The predicted octanol–water partition coefficient (Wildman–Crippen LogP) is 3.77. The summed E-state index contributed by atoms with van der Waals surface area (Å²) in [6.07, 6.45) is 0. The molecule has 124 valence electrons. The number of hydrogen-bond acceptors (Lipinski definition) is 3. The van der Waals surface area contributed by atoms with Crippen molar-refractivity contribution < 1.29 is 4.39 Å². The maximum absolute atomic E-state index is 14.5. The molecule has 1 aliphatic heterocycles. The summed E-state index contributed by atoms with van der Waals surface area (Å²) in [5.74, 6) is 0.509. The van der Waals surface area contributed by atoms with Crippen molar-refractivity contribution in [2.75, 3.05) is 38.1 Å². The van der Waals surface area contributed by atoms with Crippen LogP contribution < -0.4 is 4.90 Å². The number of benzene rings is 2. The van der Waals surface area contributed by atoms with Gasteiger partial charge in [-0.25, -0.2) is 9.37 Å². The maximum Gasteiger partial charge on any atom is 0.148 e. The van der Waals surface area contributed by atoms with Crippen LogP contribution in [0.15, 0.2) is 36.4 Å². The number of piperazine rings is 1. The molecule has 0 saturated carbocycles. The van der Waals surface area contributed by atoms with Crippen LogP contribution >= 0.6 is 11.6 Å². The van der Waals surface area contributed by atoms with Gasteiger partial charge in [0.05, 0.1) is 16.7 Å². The van der Waals surface area contributed by atoms with Gasteiger partial charge in [0, 0.05) is 42.8 Å². The molecule has 4 nitrogen and oxygen atoms in total. The molecule has 0 bridgehead atoms. The maximum atomic E-state index is 14.5. The summed E-state index contributed by atoms with van der Waals surface area (Å²) in [5.41, 5.74) is 3.03. The number of nitrogens with one attached hydrogen (secondary N) is 1. The molecule has 2 aromatic carbocycles. The van der Waals surface area contributed by atoms with Crippen LogP contribution in [0, 0.1) is 5.82 Å². The third-order valence-corrected chi connectivity index (χ3v) is 4.76. The van der Waals surface area contributed by atoms with E-state index >= 15 is 0 Å². The molecule has 0 amide bonds. The summed E-state index contributed by atoms with van der Waals surface area (Å²) in [6, 6.07) is 10.8. The molecule has 1 saturated heterocycles. The van der Waals surface area contributed by atoms with Crippen LogP contribution in [0.3, 0.4) is 0 Å². The van der Waals surface area contributed by atoms with E-state index < -0.39 is 0 Å². The second-order valence-electron chi connectivity index (χ2n) is 6.20. The fourth-order valence-corrected chi connectivity index (χ4v) is 3.18. The second kappa shape index (κ2) is 6.07. The number of imidazole rings is 1. The molecule has 4 rings (SSSR count). The zero-order valence-corrected chi connectivity index (χ0v) is 14.1. The Morgan fingerprint density at radius 2 is 1.79 bits per heavy atom. The molecular weight excluding hydrogens is 327 g/mol. The van der Waals surface area contributed by atoms with E-state index in [1.54, 1.807) is 0 Å². The summed E-state index contributed by atoms with van der Waals surface area (Å²) in [4.78, 5) is 12.1. The SMILES string of the molecule is CN1CCN(c2cc3nc(-c4ccc(Cl)cc4)[nH]c3cc2F)CC1. The van der Waals surface area contributed by atoms with Gasteiger partial charge < -0.3 is 14.8 Å². The number of fused-ring (bicyclic) bond motifs is 1. The molecule has 2 heterocycles. The average Bonchev–Trinajstić information content (AvgIpc) is 2.98. The Balaban J connectivity index is 1.71. The van der Waals surface area contributed by atoms with Gasteiger partial charge in [-0.05, 0) is 37.4 Å². The highest BCUT2D eigenvalue weighted by atomic mass is 35.5. The van der Waals surface area contributed by atoms with Crippen molar-refractivity contribution in [3.05, 3.63) is 47.2 Å². The van der Waals surface area contributed by atoms with Crippen molar-refractivity contribution in [1.29, 1.82) is 0 Å². The summed E-state index contributed by atoms with van der Waals surface area (Å²) in [6.45, 7) is 3.53. The monoisotopic (exact) mass is 344 g/mol. The zero-order valence-electron chi connectivity index (χ0n) is 13.4. The fraction of sp³-hybridized carbons (Fsp3) is 0.278. The van der Waals surface area contributed by atoms with Gasteiger partial charge >= 0.3 is 0 Å². The molecule has 0 aliphatic carbocycles. The average molecular weight is 345 g/mol. The van der Waals surface area contributed by atoms with E-state index in [4.69, 9.17) is 11.6 Å². The van der Waals surface area contributed by atoms with Gasteiger partial charge in [-0.2, -0.15) is 0 Å². The largest absolute Gasteiger partial charge is 0.367 e. The number of nitrogens with zero attached hydrogens (tertiary/aromatic N) is 3. The van der Waals surface area contributed by atoms with Crippen molar-refractivity contribution in [2.45, 2.75) is 0 Å². The Bertz CT molecular complexity index is 867. The number of aromatic amines is 1. The second-order valence-corrected chi connectivity index (χ2v) is 6.64. The van der Waals surface area contributed by atoms with E-state index in [1.807, 2.05) is 30.3 Å². The van der Waals surface area contributed by atoms with Gasteiger partial charge in [0.2, 0.25) is 0 Å². The summed E-state index contributed by atoms with van der Waals surface area (Å²) in [7, 11) is 2.09. The van der Waals surface area contributed by atoms with Crippen LogP contribution in [-0.2, 0) is 0 Å². The quantitative estimate of drug-likeness (QED) is 0.768. The molecule has 6 heteroatoms. The number of H-pyrrole nitrogens is 1. The highest BCUT2D eigenvalue weighted by molar-refractivity contribution is 6.30. The third-order valence-electron chi connectivity index (χ3n) is 4.51. The molecule has 1 aromatic heterocycles. The van der Waals surface area contributed by atoms with Crippen molar-refractivity contribution in [3.8, 4) is 11.4 Å². The Morgan fingerprint density at radius 1 is 1.08 bits per heavy atom. The Kier molecular flexibility index (Phi) is 3.90. The number of likely N-dealkylation sites (N-methyl/N-ethyl adjacent to an activating group) is 1. The molecule has 0 spiro atoms. The van der Waals surface area contributed by atoms with Crippen LogP contribution in [0.5, 0.6) is 0 Å². The summed E-state index contributed by atoms with van der Waals surface area (Å²) in [5, 5.41) is 0.679. The summed E-state index contributed by atoms with van der Waals surface area (Å²) >= 11 is 5.93. The van der Waals surface area contributed by atoms with Crippen molar-refractivity contribution >= 4 is 28.3 Å². The highest BCUT2D eigenvalue weighted by Crippen LogP contribution is 2.28. The summed E-state index contributed by atoms with van der Waals surface area (Å²) < 4.78 is 14.5. The first kappa shape index (κ1) is 15.4. The van der Waals surface area contributed by atoms with Gasteiger partial charge in [-0.1, -0.05) is 11.6 Å². The molecule has 3 aromatic rings. The first-order chi connectivity index (χ1) is 11.6. The molecule has 1 fully saturated rings. The van der Waals surface area contributed by atoms with E-state index in [-0.39, 0.29) is 5.82 Å². The molecule has 0 radical (unpaired) electrons. The Hall–Kier alpha value is -2.11. The number of anilines is 1. The van der Waals surface area contributed by atoms with E-state index in [2.05, 4.69) is 26.8 Å². The van der Waals surface area contributed by atoms with Gasteiger partial charge in [0.1, 0.15) is 11.6 Å². The zero-order chi connectivity index (χ0) is 16.7. The third kappa shape index (κ3) is 2.85. The lowest BCUT2D eigenvalue weighted by Gasteiger charge is -2.34. The minimum Gasteiger partial charge on any atom is -0.367 e. The molecule has 0 atom stereocenters. The lowest BCUT2D eigenvalue weighted by atomic mass is 10.2. The van der Waals surface area contributed by atoms with Crippen LogP contribution in [0.1, 0.15) is 0 Å². The fourth-order valence-electron chi connectivity index (χ4n) is 3.05. The molecule has 0 unspecified atom stereocenters. The first-order valence-electron chi connectivity index (χ1n) is 7.99. The van der Waals surface area contributed by atoms with Crippen molar-refractivity contribution in [2.24, 2.45) is 0 Å². The smallest absolute Gasteiger partial charge is 0.148 e. The van der Waals surface area contributed by atoms with Crippen molar-refractivity contribution in [1.82, 2.24) is 14.9 Å². The number of rotatable bonds is 2. The lowest BCUT2D eigenvalue weighted by molar-refractivity contribution is 0.312. The van der Waals surface area contributed by atoms with Crippen LogP contribution in [0.25, 0.3) is 22.4 Å². The van der Waals surface area contributed by atoms with E-state index in [0.29, 0.717) is 16.2 Å². The number of aromatic nitrogens is 2. The van der Waals surface area contributed by atoms with Gasteiger partial charge in [0.15, 0.2) is 0 Å². The van der Waals surface area contributed by atoms with Crippen LogP contribution in [0.2, 0.25) is 5.02 Å². The molecule has 1 aliphatic rings. The minimum atomic E-state index is -0.210. The minimum absolute atomic E-state index is 0.210. The molecule has 1 N–H and O–H groups in total. The standard InChI is InChI=1S/C18H18ClFN4/c1-23-6-8-24(9-7-23)17-11-16-15(10-14(17)20)21-18(22-16)12-2-4-13(19)5-3-12/h2-5,10-11H,6-9H2,1H3,(H,21,22). The van der Waals surface area contributed by atoms with Crippen LogP contribution in [0.4, 0.5) is 10.1 Å². The van der Waals surface area contributed by atoms with E-state index in [9.17, 15) is 4.39 Å². The highest BCUT2D eigenvalue weighted by Gasteiger charge is 2.19. The van der Waals surface area contributed by atoms with E-state index in [0.717, 1.165) is 43.1 Å². The van der Waals surface area contributed by atoms with Gasteiger partial charge in [-0.15, -0.1) is 0 Å². The Labute approximate surface area is 144 Å². The van der Waals surface area contributed by atoms with Crippen LogP contribution in [-0.4, -0.2) is 48.1 Å². The normalized spacial score (nSPS) is 16.0. The number of halogens is 2. The predicted molar refractivity (Wildman–Crippen MR) is 96.2 cm³/mol. The van der Waals surface area contributed by atoms with Crippen molar-refractivity contribution in [3.63, 3.8) is 0 Å². The van der Waals surface area contributed by atoms with Gasteiger partial charge in [0.25, 0.3) is 0 Å².